The van der Waals surface area contributed by atoms with Crippen molar-refractivity contribution in [3.63, 3.8) is 0 Å². The van der Waals surface area contributed by atoms with Gasteiger partial charge in [-0.25, -0.2) is 0 Å². The number of benzene rings is 2. The summed E-state index contributed by atoms with van der Waals surface area (Å²) in [6.45, 7) is 9.21. The minimum atomic E-state index is -0.374. The summed E-state index contributed by atoms with van der Waals surface area (Å²) >= 11 is 0. The third kappa shape index (κ3) is 4.44. The molecule has 1 aliphatic carbocycles. The Balaban J connectivity index is 1.43. The molecule has 2 aliphatic rings. The largest absolute Gasteiger partial charge is 0.366 e. The van der Waals surface area contributed by atoms with Gasteiger partial charge in [0.1, 0.15) is 0 Å². The number of amides is 2. The Hall–Kier alpha value is -2.66. The van der Waals surface area contributed by atoms with Crippen LogP contribution in [-0.2, 0) is 23.1 Å². The molecule has 0 radical (unpaired) electrons. The van der Waals surface area contributed by atoms with Gasteiger partial charge in [0.05, 0.1) is 0 Å². The predicted octanol–water partition coefficient (Wildman–Crippen LogP) is 3.45. The molecule has 0 spiro atoms. The highest BCUT2D eigenvalue weighted by Gasteiger charge is 2.41. The fourth-order valence-corrected chi connectivity index (χ4v) is 5.74. The third-order valence-corrected chi connectivity index (χ3v) is 7.90. The average molecular weight is 434 g/mol. The molecule has 0 unspecified atom stereocenters. The number of carbonyl (C=O) groups excluding carboxylic acids is 2. The van der Waals surface area contributed by atoms with Gasteiger partial charge >= 0.3 is 0 Å². The molecule has 32 heavy (non-hydrogen) atoms. The zero-order chi connectivity index (χ0) is 22.9. The lowest BCUT2D eigenvalue weighted by Crippen LogP contribution is -2.53. The molecule has 1 saturated heterocycles. The summed E-state index contributed by atoms with van der Waals surface area (Å²) in [6.07, 6.45) is 3.79. The van der Waals surface area contributed by atoms with Crippen molar-refractivity contribution in [1.29, 1.82) is 0 Å². The summed E-state index contributed by atoms with van der Waals surface area (Å²) in [5.74, 6) is 0.116. The van der Waals surface area contributed by atoms with Gasteiger partial charge in [-0.1, -0.05) is 50.2 Å². The lowest BCUT2D eigenvalue weighted by Gasteiger charge is -2.46. The maximum absolute atomic E-state index is 12.0. The van der Waals surface area contributed by atoms with E-state index in [0.29, 0.717) is 11.5 Å². The maximum Gasteiger partial charge on any atom is 0.248 e. The second kappa shape index (κ2) is 8.70. The molecule has 2 aromatic carbocycles. The van der Waals surface area contributed by atoms with Crippen LogP contribution in [0.25, 0.3) is 0 Å². The Morgan fingerprint density at radius 2 is 1.81 bits per heavy atom. The van der Waals surface area contributed by atoms with E-state index in [1.807, 2.05) is 12.1 Å². The molecule has 3 N–H and O–H groups in total. The van der Waals surface area contributed by atoms with Crippen molar-refractivity contribution in [1.82, 2.24) is 10.2 Å². The van der Waals surface area contributed by atoms with Crippen LogP contribution in [0.1, 0.15) is 60.7 Å². The molecular weight excluding hydrogens is 398 g/mol. The number of nitrogens with one attached hydrogen (secondary N) is 1. The summed E-state index contributed by atoms with van der Waals surface area (Å²) in [5.41, 5.74) is 9.83. The molecule has 1 heterocycles. The van der Waals surface area contributed by atoms with Crippen LogP contribution < -0.4 is 11.1 Å². The second-order valence-electron chi connectivity index (χ2n) is 10.1. The highest BCUT2D eigenvalue weighted by molar-refractivity contribution is 5.93. The molecule has 170 valence electrons. The van der Waals surface area contributed by atoms with E-state index < -0.39 is 0 Å². The van der Waals surface area contributed by atoms with Crippen LogP contribution in [0.2, 0.25) is 0 Å². The summed E-state index contributed by atoms with van der Waals surface area (Å²) in [4.78, 5) is 26.2. The number of hydrogen-bond acceptors (Lipinski definition) is 3. The van der Waals surface area contributed by atoms with Gasteiger partial charge in [-0.05, 0) is 72.4 Å². The van der Waals surface area contributed by atoms with Gasteiger partial charge in [-0.15, -0.1) is 0 Å². The van der Waals surface area contributed by atoms with Crippen LogP contribution in [0.5, 0.6) is 0 Å². The van der Waals surface area contributed by atoms with Crippen molar-refractivity contribution in [2.75, 3.05) is 19.6 Å². The molecule has 1 aliphatic heterocycles. The van der Waals surface area contributed by atoms with Crippen molar-refractivity contribution in [2.24, 2.45) is 11.7 Å². The van der Waals surface area contributed by atoms with E-state index in [2.05, 4.69) is 54.4 Å². The van der Waals surface area contributed by atoms with Gasteiger partial charge in [-0.3, -0.25) is 9.59 Å². The number of carbonyl (C=O) groups is 2. The Kier molecular flexibility index (Phi) is 6.13. The Morgan fingerprint density at radius 3 is 2.41 bits per heavy atom. The highest BCUT2D eigenvalue weighted by atomic mass is 16.1. The number of primary amides is 1. The Labute approximate surface area is 191 Å². The van der Waals surface area contributed by atoms with Crippen molar-refractivity contribution in [2.45, 2.75) is 57.4 Å². The van der Waals surface area contributed by atoms with Crippen LogP contribution in [0.3, 0.4) is 0 Å². The monoisotopic (exact) mass is 433 g/mol. The number of likely N-dealkylation sites (tertiary alicyclic amines) is 1. The molecule has 2 atom stereocenters. The van der Waals surface area contributed by atoms with Gasteiger partial charge in [0.25, 0.3) is 0 Å². The van der Waals surface area contributed by atoms with E-state index in [-0.39, 0.29) is 22.8 Å². The van der Waals surface area contributed by atoms with Gasteiger partial charge in [0.15, 0.2) is 0 Å². The van der Waals surface area contributed by atoms with Crippen LogP contribution in [0, 0.1) is 5.92 Å². The lowest BCUT2D eigenvalue weighted by atomic mass is 9.67. The van der Waals surface area contributed by atoms with Gasteiger partial charge in [0, 0.05) is 31.1 Å². The summed E-state index contributed by atoms with van der Waals surface area (Å²) in [5, 5.41) is 3.30. The van der Waals surface area contributed by atoms with E-state index in [1.165, 1.54) is 16.7 Å². The van der Waals surface area contributed by atoms with Crippen molar-refractivity contribution in [3.8, 4) is 0 Å². The van der Waals surface area contributed by atoms with Crippen molar-refractivity contribution in [3.05, 3.63) is 70.8 Å². The molecule has 1 fully saturated rings. The van der Waals surface area contributed by atoms with E-state index in [1.54, 1.807) is 13.0 Å². The molecule has 2 amide bonds. The first kappa shape index (κ1) is 22.5. The van der Waals surface area contributed by atoms with Crippen LogP contribution in [-0.4, -0.2) is 41.9 Å². The van der Waals surface area contributed by atoms with Crippen LogP contribution in [0.15, 0.2) is 48.5 Å². The molecule has 0 aromatic heterocycles. The van der Waals surface area contributed by atoms with Crippen LogP contribution in [0.4, 0.5) is 0 Å². The zero-order valence-electron chi connectivity index (χ0n) is 19.5. The van der Waals surface area contributed by atoms with Gasteiger partial charge in [0.2, 0.25) is 11.8 Å². The van der Waals surface area contributed by atoms with E-state index in [4.69, 9.17) is 5.73 Å². The smallest absolute Gasteiger partial charge is 0.248 e. The molecule has 5 heteroatoms. The quantitative estimate of drug-likeness (QED) is 0.733. The summed E-state index contributed by atoms with van der Waals surface area (Å²) in [7, 11) is 0. The lowest BCUT2D eigenvalue weighted by molar-refractivity contribution is -0.121. The fourth-order valence-electron chi connectivity index (χ4n) is 5.74. The average Bonchev–Trinajstić information content (AvgIpc) is 3.12. The summed E-state index contributed by atoms with van der Waals surface area (Å²) < 4.78 is 0. The molecular formula is C27H35N3O2. The minimum Gasteiger partial charge on any atom is -0.366 e. The molecule has 0 bridgehead atoms. The first-order chi connectivity index (χ1) is 15.2. The topological polar surface area (TPSA) is 75.4 Å². The third-order valence-electron chi connectivity index (χ3n) is 7.90. The van der Waals surface area contributed by atoms with E-state index >= 15 is 0 Å². The van der Waals surface area contributed by atoms with E-state index in [0.717, 1.165) is 45.3 Å². The number of nitrogens with two attached hydrogens (primary N) is 1. The van der Waals surface area contributed by atoms with Gasteiger partial charge in [-0.2, -0.15) is 0 Å². The standard InChI is InChI=1S/C27H35N3O2/c1-19-18-30(13-11-26(19,3)24-10-6-9-21(15-24)25(28)32)14-12-27(29-20(2)31)16-22-7-4-5-8-23(22)17-27/h4-10,15,19H,11-14,16-18H2,1-3H3,(H2,28,32)(H,29,31)/t19-,26+/m0/s1. The first-order valence-electron chi connectivity index (χ1n) is 11.7. The predicted molar refractivity (Wildman–Crippen MR) is 128 cm³/mol. The second-order valence-corrected chi connectivity index (χ2v) is 10.1. The molecule has 2 aromatic rings. The molecule has 0 saturated carbocycles. The minimum absolute atomic E-state index is 0.0148. The van der Waals surface area contributed by atoms with Crippen LogP contribution >= 0.6 is 0 Å². The van der Waals surface area contributed by atoms with E-state index in [9.17, 15) is 9.59 Å². The number of hydrogen-bond donors (Lipinski definition) is 2. The fraction of sp³-hybridized carbons (Fsp3) is 0.481. The molecule has 5 nitrogen and oxygen atoms in total. The first-order valence-corrected chi connectivity index (χ1v) is 11.7. The molecule has 4 rings (SSSR count). The maximum atomic E-state index is 12.0. The number of fused-ring (bicyclic) bond motifs is 1. The Morgan fingerprint density at radius 1 is 1.12 bits per heavy atom. The summed E-state index contributed by atoms with van der Waals surface area (Å²) in [6, 6.07) is 16.4. The van der Waals surface area contributed by atoms with Crippen molar-refractivity contribution >= 4 is 11.8 Å². The highest BCUT2D eigenvalue weighted by Crippen LogP contribution is 2.40. The normalized spacial score (nSPS) is 24.7. The SMILES string of the molecule is CC(=O)NC1(CCN2CC[C@@](C)(c3cccc(C(N)=O)c3)[C@@H](C)C2)Cc2ccccc2C1. The number of nitrogens with zero attached hydrogens (tertiary/aromatic N) is 1. The number of rotatable bonds is 6. The number of piperidine rings is 1. The van der Waals surface area contributed by atoms with Gasteiger partial charge < -0.3 is 16.0 Å². The zero-order valence-corrected chi connectivity index (χ0v) is 19.5. The Bertz CT molecular complexity index is 992. The van der Waals surface area contributed by atoms with Crippen molar-refractivity contribution < 1.29 is 9.59 Å².